The Bertz CT molecular complexity index is 1040. The molecule has 0 aromatic heterocycles. The van der Waals surface area contributed by atoms with Crippen molar-refractivity contribution >= 4 is 17.8 Å². The van der Waals surface area contributed by atoms with Crippen LogP contribution >= 0.6 is 0 Å². The number of carbonyl (C=O) groups excluding carboxylic acids is 1. The number of aliphatic imine (C=N–C) groups is 1. The fourth-order valence-corrected chi connectivity index (χ4v) is 4.31. The Labute approximate surface area is 189 Å². The zero-order chi connectivity index (χ0) is 22.7. The summed E-state index contributed by atoms with van der Waals surface area (Å²) in [6.07, 6.45) is 4.09. The number of para-hydroxylation sites is 1. The summed E-state index contributed by atoms with van der Waals surface area (Å²) in [7, 11) is 0. The predicted molar refractivity (Wildman–Crippen MR) is 128 cm³/mol. The highest BCUT2D eigenvalue weighted by molar-refractivity contribution is 5.95. The molecule has 0 N–H and O–H groups in total. The van der Waals surface area contributed by atoms with E-state index < -0.39 is 5.82 Å². The minimum Gasteiger partial charge on any atom is -0.347 e. The fraction of sp³-hybridized carbons (Fsp3) is 0.385. The van der Waals surface area contributed by atoms with Crippen LogP contribution < -0.4 is 4.90 Å². The van der Waals surface area contributed by atoms with Gasteiger partial charge in [-0.1, -0.05) is 35.9 Å². The highest BCUT2D eigenvalue weighted by Crippen LogP contribution is 2.25. The molecule has 0 radical (unpaired) electrons. The summed E-state index contributed by atoms with van der Waals surface area (Å²) in [4.78, 5) is 23.9. The van der Waals surface area contributed by atoms with Crippen LogP contribution in [0.4, 0.5) is 10.1 Å². The van der Waals surface area contributed by atoms with Gasteiger partial charge in [0.15, 0.2) is 0 Å². The van der Waals surface area contributed by atoms with E-state index >= 15 is 0 Å². The molecule has 2 aliphatic rings. The molecule has 2 heterocycles. The Balaban J connectivity index is 1.47. The maximum absolute atomic E-state index is 14.7. The minimum absolute atomic E-state index is 0.154. The largest absolute Gasteiger partial charge is 0.347 e. The number of fused-ring (bicyclic) bond motifs is 1. The van der Waals surface area contributed by atoms with Gasteiger partial charge in [-0.25, -0.2) is 4.39 Å². The second-order valence-corrected chi connectivity index (χ2v) is 8.90. The molecule has 1 fully saturated rings. The van der Waals surface area contributed by atoms with Crippen LogP contribution in [0.3, 0.4) is 0 Å². The normalized spacial score (nSPS) is 18.4. The Hall–Kier alpha value is -2.99. The SMILES string of the molecule is CC(C)=CCN1CCN(C(=O)c2cc(CN3CN=Cc4ccccc43)ccc2F)C[C@H]1C. The molecule has 2 aromatic rings. The second-order valence-electron chi connectivity index (χ2n) is 8.90. The van der Waals surface area contributed by atoms with Gasteiger partial charge in [-0.3, -0.25) is 14.7 Å². The van der Waals surface area contributed by atoms with Crippen molar-refractivity contribution in [1.82, 2.24) is 9.80 Å². The highest BCUT2D eigenvalue weighted by Gasteiger charge is 2.28. The molecule has 2 aliphatic heterocycles. The Morgan fingerprint density at radius 1 is 1.19 bits per heavy atom. The number of amides is 1. The van der Waals surface area contributed by atoms with E-state index in [9.17, 15) is 9.18 Å². The average Bonchev–Trinajstić information content (AvgIpc) is 2.79. The van der Waals surface area contributed by atoms with E-state index in [0.717, 1.165) is 29.9 Å². The van der Waals surface area contributed by atoms with Crippen LogP contribution in [0, 0.1) is 5.82 Å². The van der Waals surface area contributed by atoms with Crippen molar-refractivity contribution in [2.24, 2.45) is 4.99 Å². The summed E-state index contributed by atoms with van der Waals surface area (Å²) < 4.78 is 14.7. The maximum atomic E-state index is 14.7. The van der Waals surface area contributed by atoms with E-state index in [1.54, 1.807) is 17.0 Å². The molecular formula is C26H31FN4O. The third-order valence-electron chi connectivity index (χ3n) is 6.18. The molecule has 2 aromatic carbocycles. The van der Waals surface area contributed by atoms with Gasteiger partial charge in [-0.2, -0.15) is 0 Å². The molecule has 0 spiro atoms. The third-order valence-corrected chi connectivity index (χ3v) is 6.18. The lowest BCUT2D eigenvalue weighted by molar-refractivity contribution is 0.0538. The van der Waals surface area contributed by atoms with E-state index in [1.807, 2.05) is 24.4 Å². The number of piperazine rings is 1. The Morgan fingerprint density at radius 2 is 2.00 bits per heavy atom. The van der Waals surface area contributed by atoms with Crippen molar-refractivity contribution in [3.05, 3.63) is 76.6 Å². The van der Waals surface area contributed by atoms with Gasteiger partial charge in [0.05, 0.1) is 5.56 Å². The van der Waals surface area contributed by atoms with Crippen LogP contribution in [0.15, 0.2) is 59.1 Å². The zero-order valence-corrected chi connectivity index (χ0v) is 19.1. The smallest absolute Gasteiger partial charge is 0.256 e. The van der Waals surface area contributed by atoms with Gasteiger partial charge in [-0.05, 0) is 44.5 Å². The highest BCUT2D eigenvalue weighted by atomic mass is 19.1. The Kier molecular flexibility index (Phi) is 6.70. The molecule has 5 nitrogen and oxygen atoms in total. The van der Waals surface area contributed by atoms with E-state index in [0.29, 0.717) is 26.3 Å². The lowest BCUT2D eigenvalue weighted by Gasteiger charge is -2.39. The monoisotopic (exact) mass is 434 g/mol. The number of hydrogen-bond acceptors (Lipinski definition) is 4. The van der Waals surface area contributed by atoms with Crippen LogP contribution in [-0.4, -0.2) is 60.8 Å². The molecule has 0 unspecified atom stereocenters. The molecule has 1 atom stereocenters. The fourth-order valence-electron chi connectivity index (χ4n) is 4.31. The first kappa shape index (κ1) is 22.2. The van der Waals surface area contributed by atoms with Crippen LogP contribution in [-0.2, 0) is 6.54 Å². The Morgan fingerprint density at radius 3 is 2.78 bits per heavy atom. The summed E-state index contributed by atoms with van der Waals surface area (Å²) in [6, 6.07) is 13.2. The molecular weight excluding hydrogens is 403 g/mol. The van der Waals surface area contributed by atoms with Crippen molar-refractivity contribution in [2.75, 3.05) is 37.7 Å². The number of rotatable bonds is 5. The van der Waals surface area contributed by atoms with E-state index in [-0.39, 0.29) is 17.5 Å². The molecule has 168 valence electrons. The maximum Gasteiger partial charge on any atom is 0.256 e. The predicted octanol–water partition coefficient (Wildman–Crippen LogP) is 4.33. The number of hydrogen-bond donors (Lipinski definition) is 0. The molecule has 0 bridgehead atoms. The van der Waals surface area contributed by atoms with E-state index in [4.69, 9.17) is 0 Å². The number of carbonyl (C=O) groups is 1. The average molecular weight is 435 g/mol. The molecule has 0 saturated carbocycles. The summed E-state index contributed by atoms with van der Waals surface area (Å²) in [5.74, 6) is -0.689. The van der Waals surface area contributed by atoms with Gasteiger partial charge in [0, 0.05) is 56.2 Å². The van der Waals surface area contributed by atoms with Crippen molar-refractivity contribution in [3.8, 4) is 0 Å². The van der Waals surface area contributed by atoms with Crippen LogP contribution in [0.2, 0.25) is 0 Å². The zero-order valence-electron chi connectivity index (χ0n) is 19.1. The first-order chi connectivity index (χ1) is 15.4. The summed E-state index contributed by atoms with van der Waals surface area (Å²) in [5, 5.41) is 0. The number of halogens is 1. The lowest BCUT2D eigenvalue weighted by Crippen LogP contribution is -2.53. The first-order valence-electron chi connectivity index (χ1n) is 11.2. The number of allylic oxidation sites excluding steroid dienone is 1. The van der Waals surface area contributed by atoms with Gasteiger partial charge in [-0.15, -0.1) is 0 Å². The minimum atomic E-state index is -0.463. The van der Waals surface area contributed by atoms with E-state index in [1.165, 1.54) is 11.6 Å². The number of nitrogens with zero attached hydrogens (tertiary/aromatic N) is 4. The van der Waals surface area contributed by atoms with Gasteiger partial charge >= 0.3 is 0 Å². The standard InChI is InChI=1S/C26H31FN4O/c1-19(2)10-11-29-12-13-30(16-20(29)3)26(32)23-14-21(8-9-24(23)27)17-31-18-28-15-22-6-4-5-7-25(22)31/h4-10,14-15,20H,11-13,16-18H2,1-3H3/t20-/m1/s1. The van der Waals surface area contributed by atoms with Crippen molar-refractivity contribution in [2.45, 2.75) is 33.4 Å². The van der Waals surface area contributed by atoms with Crippen molar-refractivity contribution < 1.29 is 9.18 Å². The summed E-state index contributed by atoms with van der Waals surface area (Å²) in [5.41, 5.74) is 4.51. The van der Waals surface area contributed by atoms with Crippen LogP contribution in [0.25, 0.3) is 0 Å². The lowest BCUT2D eigenvalue weighted by atomic mass is 10.1. The van der Waals surface area contributed by atoms with Gasteiger partial charge in [0.2, 0.25) is 0 Å². The van der Waals surface area contributed by atoms with Gasteiger partial charge in [0.25, 0.3) is 5.91 Å². The van der Waals surface area contributed by atoms with Crippen LogP contribution in [0.5, 0.6) is 0 Å². The molecule has 32 heavy (non-hydrogen) atoms. The summed E-state index contributed by atoms with van der Waals surface area (Å²) in [6.45, 7) is 10.3. The number of benzene rings is 2. The molecule has 1 amide bonds. The third kappa shape index (κ3) is 4.91. The molecule has 4 rings (SSSR count). The van der Waals surface area contributed by atoms with Crippen molar-refractivity contribution in [3.63, 3.8) is 0 Å². The molecule has 6 heteroatoms. The van der Waals surface area contributed by atoms with Crippen LogP contribution in [0.1, 0.15) is 42.3 Å². The molecule has 0 aliphatic carbocycles. The van der Waals surface area contributed by atoms with Gasteiger partial charge in [0.1, 0.15) is 12.5 Å². The quantitative estimate of drug-likeness (QED) is 0.658. The topological polar surface area (TPSA) is 39.1 Å². The first-order valence-corrected chi connectivity index (χ1v) is 11.2. The second kappa shape index (κ2) is 9.65. The summed E-state index contributed by atoms with van der Waals surface area (Å²) >= 11 is 0. The van der Waals surface area contributed by atoms with Gasteiger partial charge < -0.3 is 9.80 Å². The van der Waals surface area contributed by atoms with Crippen molar-refractivity contribution in [1.29, 1.82) is 0 Å². The molecule has 1 saturated heterocycles. The number of anilines is 1. The van der Waals surface area contributed by atoms with E-state index in [2.05, 4.69) is 47.7 Å².